The SMILES string of the molecule is CCCN(CCC)C(=O)c1cc(-c2ccco2)nc2c1c(C)nn2C. The van der Waals surface area contributed by atoms with Crippen LogP contribution in [0.1, 0.15) is 42.7 Å². The normalized spacial score (nSPS) is 11.2. The highest BCUT2D eigenvalue weighted by Gasteiger charge is 2.23. The zero-order valence-corrected chi connectivity index (χ0v) is 15.2. The van der Waals surface area contributed by atoms with Gasteiger partial charge in [0.05, 0.1) is 22.9 Å². The van der Waals surface area contributed by atoms with Crippen LogP contribution in [0, 0.1) is 6.92 Å². The average molecular weight is 340 g/mol. The molecule has 0 fully saturated rings. The van der Waals surface area contributed by atoms with Crippen molar-refractivity contribution in [3.8, 4) is 11.5 Å². The molecule has 0 saturated heterocycles. The van der Waals surface area contributed by atoms with E-state index in [1.165, 1.54) is 0 Å². The molecule has 6 heteroatoms. The Morgan fingerprint density at radius 2 is 2.00 bits per heavy atom. The third kappa shape index (κ3) is 3.16. The minimum atomic E-state index is 0.0278. The molecule has 6 nitrogen and oxygen atoms in total. The zero-order valence-electron chi connectivity index (χ0n) is 15.2. The number of aromatic nitrogens is 3. The minimum absolute atomic E-state index is 0.0278. The van der Waals surface area contributed by atoms with Gasteiger partial charge in [-0.05, 0) is 38.0 Å². The summed E-state index contributed by atoms with van der Waals surface area (Å²) in [5.41, 5.74) is 2.80. The quantitative estimate of drug-likeness (QED) is 0.685. The van der Waals surface area contributed by atoms with Crippen molar-refractivity contribution in [1.82, 2.24) is 19.7 Å². The summed E-state index contributed by atoms with van der Waals surface area (Å²) in [4.78, 5) is 19.8. The average Bonchev–Trinajstić information content (AvgIpc) is 3.22. The van der Waals surface area contributed by atoms with E-state index in [0.29, 0.717) is 22.7 Å². The molecule has 1 amide bonds. The van der Waals surface area contributed by atoms with E-state index in [2.05, 4.69) is 23.9 Å². The maximum absolute atomic E-state index is 13.3. The molecule has 0 unspecified atom stereocenters. The topological polar surface area (TPSA) is 64.2 Å². The van der Waals surface area contributed by atoms with Crippen molar-refractivity contribution >= 4 is 16.9 Å². The maximum atomic E-state index is 13.3. The van der Waals surface area contributed by atoms with Gasteiger partial charge in [-0.25, -0.2) is 4.98 Å². The summed E-state index contributed by atoms with van der Waals surface area (Å²) in [6, 6.07) is 5.50. The Morgan fingerprint density at radius 1 is 1.28 bits per heavy atom. The van der Waals surface area contributed by atoms with E-state index in [4.69, 9.17) is 4.42 Å². The molecule has 3 aromatic rings. The number of pyridine rings is 1. The monoisotopic (exact) mass is 340 g/mol. The number of nitrogens with zero attached hydrogens (tertiary/aromatic N) is 4. The van der Waals surface area contributed by atoms with E-state index in [9.17, 15) is 4.79 Å². The van der Waals surface area contributed by atoms with E-state index in [1.807, 2.05) is 37.1 Å². The van der Waals surface area contributed by atoms with Crippen LogP contribution in [0.25, 0.3) is 22.5 Å². The van der Waals surface area contributed by atoms with Crippen LogP contribution in [0.3, 0.4) is 0 Å². The molecule has 3 heterocycles. The first-order valence-corrected chi connectivity index (χ1v) is 8.74. The first-order chi connectivity index (χ1) is 12.1. The van der Waals surface area contributed by atoms with Crippen LogP contribution in [-0.4, -0.2) is 38.7 Å². The van der Waals surface area contributed by atoms with Crippen LogP contribution in [-0.2, 0) is 7.05 Å². The number of hydrogen-bond acceptors (Lipinski definition) is 4. The van der Waals surface area contributed by atoms with Crippen LogP contribution >= 0.6 is 0 Å². The maximum Gasteiger partial charge on any atom is 0.254 e. The Morgan fingerprint density at radius 3 is 2.60 bits per heavy atom. The van der Waals surface area contributed by atoms with E-state index in [1.54, 1.807) is 10.9 Å². The molecular formula is C19H24N4O2. The van der Waals surface area contributed by atoms with Crippen molar-refractivity contribution in [1.29, 1.82) is 0 Å². The molecule has 0 saturated carbocycles. The van der Waals surface area contributed by atoms with Gasteiger partial charge < -0.3 is 9.32 Å². The van der Waals surface area contributed by atoms with Crippen LogP contribution in [0.5, 0.6) is 0 Å². The summed E-state index contributed by atoms with van der Waals surface area (Å²) in [6.07, 6.45) is 3.46. The highest BCUT2D eigenvalue weighted by Crippen LogP contribution is 2.28. The van der Waals surface area contributed by atoms with Crippen molar-refractivity contribution < 1.29 is 9.21 Å². The van der Waals surface area contributed by atoms with Gasteiger partial charge in [-0.3, -0.25) is 9.48 Å². The first kappa shape index (κ1) is 17.2. The van der Waals surface area contributed by atoms with Gasteiger partial charge in [-0.15, -0.1) is 0 Å². The molecular weight excluding hydrogens is 316 g/mol. The van der Waals surface area contributed by atoms with Crippen LogP contribution < -0.4 is 0 Å². The Kier molecular flexibility index (Phi) is 4.88. The van der Waals surface area contributed by atoms with Crippen molar-refractivity contribution in [2.24, 2.45) is 7.05 Å². The predicted octanol–water partition coefficient (Wildman–Crippen LogP) is 3.80. The zero-order chi connectivity index (χ0) is 18.0. The second-order valence-electron chi connectivity index (χ2n) is 6.23. The van der Waals surface area contributed by atoms with Crippen LogP contribution in [0.15, 0.2) is 28.9 Å². The van der Waals surface area contributed by atoms with Crippen LogP contribution in [0.4, 0.5) is 0 Å². The van der Waals surface area contributed by atoms with Gasteiger partial charge in [-0.1, -0.05) is 13.8 Å². The number of hydrogen-bond donors (Lipinski definition) is 0. The predicted molar refractivity (Wildman–Crippen MR) is 97.4 cm³/mol. The van der Waals surface area contributed by atoms with Gasteiger partial charge in [0, 0.05) is 20.1 Å². The van der Waals surface area contributed by atoms with E-state index >= 15 is 0 Å². The van der Waals surface area contributed by atoms with Crippen molar-refractivity contribution in [2.75, 3.05) is 13.1 Å². The summed E-state index contributed by atoms with van der Waals surface area (Å²) >= 11 is 0. The Bertz CT molecular complexity index is 875. The standard InChI is InChI=1S/C19H24N4O2/c1-5-9-23(10-6-2)19(24)14-12-15(16-8-7-11-25-16)20-18-17(14)13(3)21-22(18)4/h7-8,11-12H,5-6,9-10H2,1-4H3. The number of fused-ring (bicyclic) bond motifs is 1. The van der Waals surface area contributed by atoms with Crippen molar-refractivity contribution in [2.45, 2.75) is 33.6 Å². The van der Waals surface area contributed by atoms with E-state index < -0.39 is 0 Å². The highest BCUT2D eigenvalue weighted by atomic mass is 16.3. The van der Waals surface area contributed by atoms with Gasteiger partial charge in [0.2, 0.25) is 0 Å². The fourth-order valence-corrected chi connectivity index (χ4v) is 3.19. The lowest BCUT2D eigenvalue weighted by Crippen LogP contribution is -2.32. The molecule has 0 N–H and O–H groups in total. The minimum Gasteiger partial charge on any atom is -0.463 e. The van der Waals surface area contributed by atoms with Gasteiger partial charge in [0.25, 0.3) is 5.91 Å². The van der Waals surface area contributed by atoms with Crippen LogP contribution in [0.2, 0.25) is 0 Å². The third-order valence-electron chi connectivity index (χ3n) is 4.25. The van der Waals surface area contributed by atoms with Gasteiger partial charge >= 0.3 is 0 Å². The first-order valence-electron chi connectivity index (χ1n) is 8.74. The number of carbonyl (C=O) groups is 1. The molecule has 0 aliphatic carbocycles. The molecule has 0 radical (unpaired) electrons. The number of rotatable bonds is 6. The number of carbonyl (C=O) groups excluding carboxylic acids is 1. The third-order valence-corrected chi connectivity index (χ3v) is 4.25. The largest absolute Gasteiger partial charge is 0.463 e. The molecule has 0 aromatic carbocycles. The molecule has 0 aliphatic rings. The lowest BCUT2D eigenvalue weighted by atomic mass is 10.1. The number of amides is 1. The lowest BCUT2D eigenvalue weighted by molar-refractivity contribution is 0.0757. The molecule has 0 atom stereocenters. The number of furan rings is 1. The fraction of sp³-hybridized carbons (Fsp3) is 0.421. The summed E-state index contributed by atoms with van der Waals surface area (Å²) < 4.78 is 7.21. The fourth-order valence-electron chi connectivity index (χ4n) is 3.19. The van der Waals surface area contributed by atoms with E-state index in [-0.39, 0.29) is 5.91 Å². The molecule has 0 aliphatic heterocycles. The Labute approximate surface area is 147 Å². The molecule has 3 aromatic heterocycles. The van der Waals surface area contributed by atoms with E-state index in [0.717, 1.165) is 37.0 Å². The van der Waals surface area contributed by atoms with Crippen molar-refractivity contribution in [3.05, 3.63) is 35.7 Å². The summed E-state index contributed by atoms with van der Waals surface area (Å²) in [7, 11) is 1.85. The Hall–Kier alpha value is -2.63. The summed E-state index contributed by atoms with van der Waals surface area (Å²) in [5, 5.41) is 5.28. The molecule has 25 heavy (non-hydrogen) atoms. The van der Waals surface area contributed by atoms with Crippen molar-refractivity contribution in [3.63, 3.8) is 0 Å². The molecule has 0 bridgehead atoms. The summed E-state index contributed by atoms with van der Waals surface area (Å²) in [5.74, 6) is 0.673. The number of aryl methyl sites for hydroxylation is 2. The molecule has 3 rings (SSSR count). The smallest absolute Gasteiger partial charge is 0.254 e. The second kappa shape index (κ2) is 7.09. The van der Waals surface area contributed by atoms with Gasteiger partial charge in [0.15, 0.2) is 11.4 Å². The second-order valence-corrected chi connectivity index (χ2v) is 6.23. The lowest BCUT2D eigenvalue weighted by Gasteiger charge is -2.22. The molecule has 132 valence electrons. The summed E-state index contributed by atoms with van der Waals surface area (Å²) in [6.45, 7) is 7.57. The van der Waals surface area contributed by atoms with Gasteiger partial charge in [-0.2, -0.15) is 5.10 Å². The highest BCUT2D eigenvalue weighted by molar-refractivity contribution is 6.07. The van der Waals surface area contributed by atoms with Gasteiger partial charge in [0.1, 0.15) is 5.69 Å². The molecule has 0 spiro atoms. The Balaban J connectivity index is 2.19.